The van der Waals surface area contributed by atoms with Gasteiger partial charge in [0, 0.05) is 20.1 Å². The van der Waals surface area contributed by atoms with Gasteiger partial charge in [-0.15, -0.1) is 0 Å². The lowest BCUT2D eigenvalue weighted by Gasteiger charge is -2.21. The van der Waals surface area contributed by atoms with Gasteiger partial charge in [-0.1, -0.05) is 0 Å². The number of carbonyl (C=O) groups is 1. The number of nitrogens with zero attached hydrogens (tertiary/aromatic N) is 1. The zero-order valence-electron chi connectivity index (χ0n) is 7.42. The Morgan fingerprint density at radius 1 is 1.67 bits per heavy atom. The van der Waals surface area contributed by atoms with Crippen LogP contribution in [0.3, 0.4) is 0 Å². The molecule has 0 aromatic carbocycles. The van der Waals surface area contributed by atoms with Gasteiger partial charge >= 0.3 is 0 Å². The molecule has 1 amide bonds. The second-order valence-corrected chi connectivity index (χ2v) is 3.43. The Labute approximate surface area is 72.3 Å². The van der Waals surface area contributed by atoms with Crippen molar-refractivity contribution in [1.82, 2.24) is 4.90 Å². The van der Waals surface area contributed by atoms with Gasteiger partial charge in [-0.3, -0.25) is 4.79 Å². The summed E-state index contributed by atoms with van der Waals surface area (Å²) in [5.41, 5.74) is 5.22. The summed E-state index contributed by atoms with van der Waals surface area (Å²) in [4.78, 5) is 13.1. The van der Waals surface area contributed by atoms with Crippen LogP contribution in [0.1, 0.15) is 12.8 Å². The predicted molar refractivity (Wildman–Crippen MR) is 45.4 cm³/mol. The summed E-state index contributed by atoms with van der Waals surface area (Å²) in [6.45, 7) is 0.852. The lowest BCUT2D eigenvalue weighted by atomic mass is 10.1. The number of likely N-dealkylation sites (N-methyl/N-ethyl adjacent to an activating group) is 1. The Balaban J connectivity index is 2.46. The van der Waals surface area contributed by atoms with Gasteiger partial charge in [0.1, 0.15) is 0 Å². The highest BCUT2D eigenvalue weighted by atomic mass is 16.3. The first-order valence-corrected chi connectivity index (χ1v) is 4.23. The number of amides is 1. The highest BCUT2D eigenvalue weighted by Gasteiger charge is 2.49. The number of nitrogens with two attached hydrogens (primary N) is 1. The maximum atomic E-state index is 11.6. The predicted octanol–water partition coefficient (Wildman–Crippen LogP) is -0.824. The van der Waals surface area contributed by atoms with Crippen LogP contribution in [0.2, 0.25) is 0 Å². The summed E-state index contributed by atoms with van der Waals surface area (Å²) in [5.74, 6) is 0.0825. The van der Waals surface area contributed by atoms with E-state index in [9.17, 15) is 4.79 Å². The van der Waals surface area contributed by atoms with Crippen molar-refractivity contribution in [1.29, 1.82) is 0 Å². The number of hydrogen-bond donors (Lipinski definition) is 2. The number of carbonyl (C=O) groups excluding carboxylic acids is 1. The second kappa shape index (κ2) is 3.41. The standard InChI is InChI=1S/C8H16N2O2/c1-10(4-5-11)7(12)8(6-9)2-3-8/h11H,2-6,9H2,1H3. The molecule has 1 aliphatic rings. The van der Waals surface area contributed by atoms with E-state index in [1.54, 1.807) is 11.9 Å². The van der Waals surface area contributed by atoms with Gasteiger partial charge < -0.3 is 15.7 Å². The first kappa shape index (κ1) is 9.48. The zero-order valence-corrected chi connectivity index (χ0v) is 7.42. The summed E-state index contributed by atoms with van der Waals surface area (Å²) >= 11 is 0. The minimum atomic E-state index is -0.274. The van der Waals surface area contributed by atoms with Crippen molar-refractivity contribution in [3.05, 3.63) is 0 Å². The van der Waals surface area contributed by atoms with E-state index in [0.29, 0.717) is 13.1 Å². The molecule has 4 nitrogen and oxygen atoms in total. The fourth-order valence-electron chi connectivity index (χ4n) is 1.31. The minimum absolute atomic E-state index is 0.0168. The third kappa shape index (κ3) is 1.59. The Bertz CT molecular complexity index is 178. The van der Waals surface area contributed by atoms with Crippen LogP contribution in [0.4, 0.5) is 0 Å². The molecular formula is C8H16N2O2. The van der Waals surface area contributed by atoms with Crippen molar-refractivity contribution in [2.75, 3.05) is 26.7 Å². The van der Waals surface area contributed by atoms with Gasteiger partial charge in [0.25, 0.3) is 0 Å². The van der Waals surface area contributed by atoms with E-state index < -0.39 is 0 Å². The van der Waals surface area contributed by atoms with Gasteiger partial charge in [-0.2, -0.15) is 0 Å². The molecule has 0 atom stereocenters. The normalized spacial score (nSPS) is 18.9. The number of rotatable bonds is 4. The minimum Gasteiger partial charge on any atom is -0.395 e. The average molecular weight is 172 g/mol. The summed E-state index contributed by atoms with van der Waals surface area (Å²) in [6.07, 6.45) is 1.80. The molecule has 0 saturated heterocycles. The number of aliphatic hydroxyl groups is 1. The van der Waals surface area contributed by atoms with Crippen LogP contribution in [-0.4, -0.2) is 42.7 Å². The van der Waals surface area contributed by atoms with Crippen molar-refractivity contribution < 1.29 is 9.90 Å². The molecule has 70 valence electrons. The van der Waals surface area contributed by atoms with E-state index in [4.69, 9.17) is 10.8 Å². The van der Waals surface area contributed by atoms with E-state index in [1.165, 1.54) is 0 Å². The highest BCUT2D eigenvalue weighted by molar-refractivity contribution is 5.85. The maximum Gasteiger partial charge on any atom is 0.229 e. The molecule has 0 spiro atoms. The van der Waals surface area contributed by atoms with Crippen LogP contribution < -0.4 is 5.73 Å². The number of aliphatic hydroxyl groups excluding tert-OH is 1. The van der Waals surface area contributed by atoms with Crippen LogP contribution in [0.25, 0.3) is 0 Å². The summed E-state index contributed by atoms with van der Waals surface area (Å²) in [6, 6.07) is 0. The molecule has 0 radical (unpaired) electrons. The van der Waals surface area contributed by atoms with Gasteiger partial charge in [-0.25, -0.2) is 0 Å². The lowest BCUT2D eigenvalue weighted by molar-refractivity contribution is -0.135. The average Bonchev–Trinajstić information content (AvgIpc) is 2.84. The Kier molecular flexibility index (Phi) is 2.69. The van der Waals surface area contributed by atoms with Crippen molar-refractivity contribution >= 4 is 5.91 Å². The summed E-state index contributed by atoms with van der Waals surface area (Å²) < 4.78 is 0. The monoisotopic (exact) mass is 172 g/mol. The summed E-state index contributed by atoms with van der Waals surface area (Å²) in [7, 11) is 1.70. The van der Waals surface area contributed by atoms with Crippen molar-refractivity contribution in [3.8, 4) is 0 Å². The Morgan fingerprint density at radius 3 is 2.58 bits per heavy atom. The van der Waals surface area contributed by atoms with Crippen molar-refractivity contribution in [2.24, 2.45) is 11.1 Å². The van der Waals surface area contributed by atoms with Crippen molar-refractivity contribution in [3.63, 3.8) is 0 Å². The van der Waals surface area contributed by atoms with E-state index in [1.807, 2.05) is 0 Å². The fourth-order valence-corrected chi connectivity index (χ4v) is 1.31. The molecule has 1 aliphatic carbocycles. The molecule has 12 heavy (non-hydrogen) atoms. The molecule has 3 N–H and O–H groups in total. The molecular weight excluding hydrogens is 156 g/mol. The first-order valence-electron chi connectivity index (χ1n) is 4.23. The summed E-state index contributed by atoms with van der Waals surface area (Å²) in [5, 5.41) is 8.62. The van der Waals surface area contributed by atoms with Gasteiger partial charge in [0.15, 0.2) is 0 Å². The number of hydrogen-bond acceptors (Lipinski definition) is 3. The topological polar surface area (TPSA) is 66.6 Å². The quantitative estimate of drug-likeness (QED) is 0.582. The first-order chi connectivity index (χ1) is 5.66. The van der Waals surface area contributed by atoms with Crippen LogP contribution in [0.5, 0.6) is 0 Å². The van der Waals surface area contributed by atoms with Gasteiger partial charge in [0.05, 0.1) is 12.0 Å². The molecule has 0 unspecified atom stereocenters. The van der Waals surface area contributed by atoms with E-state index in [2.05, 4.69) is 0 Å². The second-order valence-electron chi connectivity index (χ2n) is 3.43. The molecule has 0 aliphatic heterocycles. The van der Waals surface area contributed by atoms with Crippen LogP contribution >= 0.6 is 0 Å². The third-order valence-electron chi connectivity index (χ3n) is 2.48. The molecule has 0 bridgehead atoms. The molecule has 4 heteroatoms. The molecule has 0 aromatic rings. The lowest BCUT2D eigenvalue weighted by Crippen LogP contribution is -2.39. The zero-order chi connectivity index (χ0) is 9.19. The van der Waals surface area contributed by atoms with E-state index in [0.717, 1.165) is 12.8 Å². The SMILES string of the molecule is CN(CCO)C(=O)C1(CN)CC1. The molecule has 1 rings (SSSR count). The van der Waals surface area contributed by atoms with Gasteiger partial charge in [-0.05, 0) is 12.8 Å². The third-order valence-corrected chi connectivity index (χ3v) is 2.48. The Morgan fingerprint density at radius 2 is 2.25 bits per heavy atom. The highest BCUT2D eigenvalue weighted by Crippen LogP contribution is 2.45. The van der Waals surface area contributed by atoms with Crippen LogP contribution in [0, 0.1) is 5.41 Å². The van der Waals surface area contributed by atoms with E-state index in [-0.39, 0.29) is 17.9 Å². The molecule has 1 fully saturated rings. The Hall–Kier alpha value is -0.610. The van der Waals surface area contributed by atoms with Crippen LogP contribution in [0.15, 0.2) is 0 Å². The van der Waals surface area contributed by atoms with Crippen molar-refractivity contribution in [2.45, 2.75) is 12.8 Å². The largest absolute Gasteiger partial charge is 0.395 e. The fraction of sp³-hybridized carbons (Fsp3) is 0.875. The molecule has 0 aromatic heterocycles. The maximum absolute atomic E-state index is 11.6. The smallest absolute Gasteiger partial charge is 0.229 e. The molecule has 0 heterocycles. The molecule has 1 saturated carbocycles. The van der Waals surface area contributed by atoms with E-state index >= 15 is 0 Å². The van der Waals surface area contributed by atoms with Gasteiger partial charge in [0.2, 0.25) is 5.91 Å². The van der Waals surface area contributed by atoms with Crippen LogP contribution in [-0.2, 0) is 4.79 Å².